The van der Waals surface area contributed by atoms with E-state index < -0.39 is 18.8 Å². The molecule has 0 radical (unpaired) electrons. The normalized spacial score (nSPS) is 25.9. The van der Waals surface area contributed by atoms with Crippen LogP contribution in [0, 0.1) is 11.8 Å². The molecule has 0 spiro atoms. The van der Waals surface area contributed by atoms with E-state index in [9.17, 15) is 24.4 Å². The number of nitrogens with zero attached hydrogens (tertiary/aromatic N) is 1. The fraction of sp³-hybridized carbons (Fsp3) is 0.769. The van der Waals surface area contributed by atoms with Crippen LogP contribution in [0.1, 0.15) is 93.1 Å². The van der Waals surface area contributed by atoms with E-state index in [0.717, 1.165) is 30.6 Å². The average Bonchev–Trinajstić information content (AvgIpc) is 3.21. The molecule has 198 valence electrons. The monoisotopic (exact) mass is 527 g/mol. The van der Waals surface area contributed by atoms with Crippen LogP contribution in [0.5, 0.6) is 0 Å². The summed E-state index contributed by atoms with van der Waals surface area (Å²) in [7, 11) is -2.60. The second-order valence-electron chi connectivity index (χ2n) is 11.5. The summed E-state index contributed by atoms with van der Waals surface area (Å²) >= 11 is 1.22. The van der Waals surface area contributed by atoms with Gasteiger partial charge in [-0.15, -0.1) is 11.3 Å². The number of carboxylic acids is 1. The SMILES string of the molecule is CC1CCC(C(=O)N(c2cc(C(C)(C)CCOP(C)(C)=O)sc2C(=O)O)C2CCC(O)CC2)CC1. The molecule has 0 aromatic carbocycles. The summed E-state index contributed by atoms with van der Waals surface area (Å²) in [5.74, 6) is -0.470. The molecule has 1 aromatic heterocycles. The van der Waals surface area contributed by atoms with Gasteiger partial charge in [0.05, 0.1) is 18.4 Å². The fourth-order valence-corrected chi connectivity index (χ4v) is 6.86. The number of hydrogen-bond acceptors (Lipinski definition) is 6. The first-order valence-corrected chi connectivity index (χ1v) is 16.2. The zero-order valence-corrected chi connectivity index (χ0v) is 23.5. The number of aromatic carboxylic acids is 1. The molecule has 1 amide bonds. The number of carboxylic acid groups (broad SMARTS) is 1. The highest BCUT2D eigenvalue weighted by Gasteiger charge is 2.38. The van der Waals surface area contributed by atoms with Gasteiger partial charge in [-0.2, -0.15) is 0 Å². The van der Waals surface area contributed by atoms with Gasteiger partial charge in [-0.25, -0.2) is 4.79 Å². The molecule has 0 unspecified atom stereocenters. The Morgan fingerprint density at radius 2 is 1.71 bits per heavy atom. The largest absolute Gasteiger partial charge is 0.477 e. The molecule has 0 bridgehead atoms. The molecule has 2 fully saturated rings. The third kappa shape index (κ3) is 7.41. The molecule has 1 heterocycles. The lowest BCUT2D eigenvalue weighted by molar-refractivity contribution is -0.124. The van der Waals surface area contributed by atoms with Crippen LogP contribution in [0.25, 0.3) is 0 Å². The lowest BCUT2D eigenvalue weighted by Gasteiger charge is -2.39. The molecular formula is C26H42NO6PS. The van der Waals surface area contributed by atoms with Crippen LogP contribution in [0.15, 0.2) is 6.07 Å². The van der Waals surface area contributed by atoms with Gasteiger partial charge in [-0.1, -0.05) is 20.8 Å². The number of hydrogen-bond donors (Lipinski definition) is 2. The van der Waals surface area contributed by atoms with Gasteiger partial charge in [0.2, 0.25) is 5.91 Å². The topological polar surface area (TPSA) is 104 Å². The second-order valence-corrected chi connectivity index (χ2v) is 15.3. The van der Waals surface area contributed by atoms with Gasteiger partial charge < -0.3 is 19.6 Å². The van der Waals surface area contributed by atoms with Crippen molar-refractivity contribution in [2.45, 2.75) is 96.1 Å². The Labute approximate surface area is 213 Å². The number of carbonyl (C=O) groups excluding carboxylic acids is 1. The van der Waals surface area contributed by atoms with E-state index in [1.165, 1.54) is 11.3 Å². The molecule has 2 aliphatic rings. The minimum atomic E-state index is -2.60. The Morgan fingerprint density at radius 1 is 1.11 bits per heavy atom. The summed E-state index contributed by atoms with van der Waals surface area (Å²) in [6, 6.07) is 1.78. The minimum absolute atomic E-state index is 0.0317. The maximum atomic E-state index is 13.9. The zero-order valence-electron chi connectivity index (χ0n) is 21.8. The summed E-state index contributed by atoms with van der Waals surface area (Å²) in [5.41, 5.74) is 0.0909. The molecular weight excluding hydrogens is 485 g/mol. The van der Waals surface area contributed by atoms with Gasteiger partial charge in [-0.05, 0) is 69.8 Å². The fourth-order valence-electron chi connectivity index (χ4n) is 5.21. The van der Waals surface area contributed by atoms with Crippen LogP contribution in [0.4, 0.5) is 5.69 Å². The molecule has 0 aliphatic heterocycles. The van der Waals surface area contributed by atoms with Gasteiger partial charge in [0.1, 0.15) is 4.88 Å². The molecule has 7 nitrogen and oxygen atoms in total. The zero-order chi connectivity index (χ0) is 26.0. The number of amides is 1. The van der Waals surface area contributed by atoms with Crippen LogP contribution in [-0.4, -0.2) is 54.2 Å². The predicted molar refractivity (Wildman–Crippen MR) is 141 cm³/mol. The van der Waals surface area contributed by atoms with Crippen LogP contribution in [0.2, 0.25) is 0 Å². The van der Waals surface area contributed by atoms with E-state index in [2.05, 4.69) is 6.92 Å². The Hall–Kier alpha value is -1.21. The molecule has 35 heavy (non-hydrogen) atoms. The summed E-state index contributed by atoms with van der Waals surface area (Å²) in [6.45, 7) is 9.76. The lowest BCUT2D eigenvalue weighted by atomic mass is 9.81. The number of carbonyl (C=O) groups is 2. The van der Waals surface area contributed by atoms with Crippen molar-refractivity contribution in [1.29, 1.82) is 0 Å². The molecule has 9 heteroatoms. The van der Waals surface area contributed by atoms with Crippen LogP contribution < -0.4 is 4.90 Å². The van der Waals surface area contributed by atoms with E-state index in [1.807, 2.05) is 19.9 Å². The van der Waals surface area contributed by atoms with E-state index in [4.69, 9.17) is 4.52 Å². The van der Waals surface area contributed by atoms with Crippen LogP contribution in [0.3, 0.4) is 0 Å². The summed E-state index contributed by atoms with van der Waals surface area (Å²) in [5, 5.41) is 20.2. The number of aliphatic hydroxyl groups is 1. The Balaban J connectivity index is 1.95. The second kappa shape index (κ2) is 11.5. The highest BCUT2D eigenvalue weighted by Crippen LogP contribution is 2.44. The first-order valence-electron chi connectivity index (χ1n) is 12.9. The van der Waals surface area contributed by atoms with Gasteiger partial charge >= 0.3 is 5.97 Å². The van der Waals surface area contributed by atoms with E-state index >= 15 is 0 Å². The number of anilines is 1. The Kier molecular flexibility index (Phi) is 9.28. The standard InChI is InChI=1S/C26H42NO6PS/c1-17-6-8-18(9-7-17)24(29)27(19-10-12-20(28)13-11-19)21-16-22(35-23(21)25(30)31)26(2,3)14-15-33-34(4,5)32/h16-20,28H,6-15H2,1-5H3,(H,30,31). The van der Waals surface area contributed by atoms with E-state index in [-0.39, 0.29) is 28.8 Å². The number of rotatable bonds is 9. The molecule has 3 rings (SSSR count). The van der Waals surface area contributed by atoms with Crippen molar-refractivity contribution in [3.8, 4) is 0 Å². The highest BCUT2D eigenvalue weighted by atomic mass is 32.1. The number of aliphatic hydroxyl groups excluding tert-OH is 1. The summed E-state index contributed by atoms with van der Waals surface area (Å²) < 4.78 is 17.5. The van der Waals surface area contributed by atoms with Gasteiger partial charge in [-0.3, -0.25) is 9.36 Å². The maximum absolute atomic E-state index is 13.9. The molecule has 0 atom stereocenters. The van der Waals surface area contributed by atoms with E-state index in [0.29, 0.717) is 50.3 Å². The molecule has 1 aromatic rings. The third-order valence-electron chi connectivity index (χ3n) is 7.60. The predicted octanol–water partition coefficient (Wildman–Crippen LogP) is 6.13. The Bertz CT molecular complexity index is 938. The van der Waals surface area contributed by atoms with Crippen LogP contribution >= 0.6 is 18.7 Å². The van der Waals surface area contributed by atoms with Gasteiger partial charge in [0.15, 0.2) is 7.37 Å². The molecule has 2 N–H and O–H groups in total. The van der Waals surface area contributed by atoms with Crippen molar-refractivity contribution in [3.05, 3.63) is 15.8 Å². The third-order valence-corrected chi connectivity index (χ3v) is 9.88. The summed E-state index contributed by atoms with van der Waals surface area (Å²) in [4.78, 5) is 29.1. The average molecular weight is 528 g/mol. The Morgan fingerprint density at radius 3 is 2.26 bits per heavy atom. The molecule has 2 saturated carbocycles. The minimum Gasteiger partial charge on any atom is -0.477 e. The van der Waals surface area contributed by atoms with Crippen molar-refractivity contribution < 1.29 is 28.9 Å². The first kappa shape index (κ1) is 28.4. The van der Waals surface area contributed by atoms with Gasteiger partial charge in [0.25, 0.3) is 0 Å². The lowest BCUT2D eigenvalue weighted by Crippen LogP contribution is -2.47. The number of thiophene rings is 1. The van der Waals surface area contributed by atoms with Crippen LogP contribution in [-0.2, 0) is 19.3 Å². The van der Waals surface area contributed by atoms with Crippen molar-refractivity contribution in [2.24, 2.45) is 11.8 Å². The smallest absolute Gasteiger partial charge is 0.348 e. The van der Waals surface area contributed by atoms with Crippen molar-refractivity contribution in [3.63, 3.8) is 0 Å². The maximum Gasteiger partial charge on any atom is 0.348 e. The van der Waals surface area contributed by atoms with Crippen molar-refractivity contribution in [2.75, 3.05) is 24.8 Å². The van der Waals surface area contributed by atoms with Crippen molar-refractivity contribution in [1.82, 2.24) is 0 Å². The van der Waals surface area contributed by atoms with E-state index in [1.54, 1.807) is 18.2 Å². The van der Waals surface area contributed by atoms with Gasteiger partial charge in [0, 0.05) is 35.6 Å². The quantitative estimate of drug-likeness (QED) is 0.374. The van der Waals surface area contributed by atoms with Crippen molar-refractivity contribution >= 4 is 36.3 Å². The summed E-state index contributed by atoms with van der Waals surface area (Å²) in [6.07, 6.45) is 6.49. The highest BCUT2D eigenvalue weighted by molar-refractivity contribution is 7.57. The first-order chi connectivity index (χ1) is 16.3. The molecule has 2 aliphatic carbocycles. The molecule has 0 saturated heterocycles.